The summed E-state index contributed by atoms with van der Waals surface area (Å²) < 4.78 is 13.6. The number of rotatable bonds is 6. The van der Waals surface area contributed by atoms with E-state index in [-0.39, 0.29) is 5.75 Å². The van der Waals surface area contributed by atoms with Crippen LogP contribution in [0, 0.1) is 0 Å². The SMILES string of the molecule is COc1ccc(C2(c3ccc(OC)cc3)C=C(c3ccsc3)c3c(-c4c(O)ccc5ccccc45)c4ccccc4n32)cc1. The maximum absolute atomic E-state index is 11.6. The van der Waals surface area contributed by atoms with Crippen LogP contribution in [0.2, 0.25) is 0 Å². The number of para-hydroxylation sites is 1. The molecule has 0 amide bonds. The number of hydrogen-bond acceptors (Lipinski definition) is 4. The molecule has 3 heterocycles. The highest BCUT2D eigenvalue weighted by atomic mass is 32.1. The van der Waals surface area contributed by atoms with Gasteiger partial charge in [-0.1, -0.05) is 72.8 Å². The molecular weight excluding hydrogens is 563 g/mol. The molecule has 1 N–H and O–H groups in total. The van der Waals surface area contributed by atoms with Gasteiger partial charge in [-0.15, -0.1) is 0 Å². The van der Waals surface area contributed by atoms with Gasteiger partial charge >= 0.3 is 0 Å². The molecule has 0 spiro atoms. The molecule has 7 aromatic rings. The molecule has 8 rings (SSSR count). The Morgan fingerprint density at radius 1 is 0.659 bits per heavy atom. The van der Waals surface area contributed by atoms with E-state index >= 15 is 0 Å². The van der Waals surface area contributed by atoms with Crippen LogP contribution in [0.25, 0.3) is 38.4 Å². The van der Waals surface area contributed by atoms with Crippen LogP contribution < -0.4 is 9.47 Å². The number of benzene rings is 5. The number of methoxy groups -OCH3 is 2. The Hall–Kier alpha value is -5.26. The molecule has 5 heteroatoms. The minimum atomic E-state index is -0.705. The highest BCUT2D eigenvalue weighted by molar-refractivity contribution is 7.08. The first-order valence-corrected chi connectivity index (χ1v) is 15.5. The molecule has 4 nitrogen and oxygen atoms in total. The van der Waals surface area contributed by atoms with Gasteiger partial charge in [-0.2, -0.15) is 11.3 Å². The largest absolute Gasteiger partial charge is 0.507 e. The summed E-state index contributed by atoms with van der Waals surface area (Å²) in [5.74, 6) is 1.87. The zero-order valence-corrected chi connectivity index (χ0v) is 25.1. The van der Waals surface area contributed by atoms with Crippen molar-refractivity contribution >= 4 is 38.6 Å². The fourth-order valence-electron chi connectivity index (χ4n) is 6.90. The Morgan fingerprint density at radius 2 is 1.30 bits per heavy atom. The Bertz CT molecular complexity index is 2140. The molecule has 214 valence electrons. The van der Waals surface area contributed by atoms with Crippen LogP contribution in [0.5, 0.6) is 17.2 Å². The van der Waals surface area contributed by atoms with Crippen molar-refractivity contribution in [2.75, 3.05) is 14.2 Å². The van der Waals surface area contributed by atoms with E-state index in [1.165, 1.54) is 0 Å². The van der Waals surface area contributed by atoms with Crippen LogP contribution >= 0.6 is 11.3 Å². The van der Waals surface area contributed by atoms with Crippen molar-refractivity contribution in [1.82, 2.24) is 4.57 Å². The number of phenolic OH excluding ortho intramolecular Hbond substituents is 1. The lowest BCUT2D eigenvalue weighted by Crippen LogP contribution is -2.32. The highest BCUT2D eigenvalue weighted by Gasteiger charge is 2.45. The number of phenols is 1. The van der Waals surface area contributed by atoms with Crippen LogP contribution in [-0.4, -0.2) is 23.9 Å². The van der Waals surface area contributed by atoms with Gasteiger partial charge in [-0.25, -0.2) is 0 Å². The maximum Gasteiger partial charge on any atom is 0.124 e. The molecule has 0 saturated carbocycles. The van der Waals surface area contributed by atoms with Gasteiger partial charge in [-0.05, 0) is 86.8 Å². The van der Waals surface area contributed by atoms with Crippen molar-refractivity contribution < 1.29 is 14.6 Å². The summed E-state index contributed by atoms with van der Waals surface area (Å²) in [5, 5.41) is 19.1. The molecule has 0 atom stereocenters. The standard InChI is InChI=1S/C39H29NO3S/c1-42-29-16-12-27(13-17-29)39(28-14-18-30(43-2)19-15-28)23-33(26-21-22-44-24-26)38-37(32-9-5-6-10-34(32)40(38)39)36-31-8-4-3-7-25(31)11-20-35(36)41/h3-24,41H,1-2H3. The molecule has 0 unspecified atom stereocenters. The predicted octanol–water partition coefficient (Wildman–Crippen LogP) is 9.48. The lowest BCUT2D eigenvalue weighted by molar-refractivity contribution is 0.413. The van der Waals surface area contributed by atoms with E-state index in [1.807, 2.05) is 48.5 Å². The number of ether oxygens (including phenoxy) is 2. The molecule has 2 aromatic heterocycles. The third-order valence-corrected chi connectivity index (χ3v) is 9.57. The third-order valence-electron chi connectivity index (χ3n) is 8.89. The molecule has 5 aromatic carbocycles. The van der Waals surface area contributed by atoms with E-state index in [0.29, 0.717) is 0 Å². The normalized spacial score (nSPS) is 13.6. The maximum atomic E-state index is 11.6. The second-order valence-electron chi connectivity index (χ2n) is 11.1. The number of fused-ring (bicyclic) bond motifs is 4. The lowest BCUT2D eigenvalue weighted by atomic mass is 9.81. The van der Waals surface area contributed by atoms with Crippen molar-refractivity contribution in [2.45, 2.75) is 5.54 Å². The molecule has 0 fully saturated rings. The second-order valence-corrected chi connectivity index (χ2v) is 11.8. The van der Waals surface area contributed by atoms with Crippen molar-refractivity contribution in [3.8, 4) is 28.4 Å². The third kappa shape index (κ3) is 3.76. The summed E-state index contributed by atoms with van der Waals surface area (Å²) in [6, 6.07) is 39.6. The smallest absolute Gasteiger partial charge is 0.124 e. The molecular formula is C39H29NO3S. The number of aromatic hydroxyl groups is 1. The van der Waals surface area contributed by atoms with Gasteiger partial charge in [0.1, 0.15) is 22.8 Å². The zero-order valence-electron chi connectivity index (χ0n) is 24.3. The van der Waals surface area contributed by atoms with Crippen LogP contribution in [0.4, 0.5) is 0 Å². The average molecular weight is 592 g/mol. The summed E-state index contributed by atoms with van der Waals surface area (Å²) in [4.78, 5) is 0. The van der Waals surface area contributed by atoms with Gasteiger partial charge < -0.3 is 19.1 Å². The van der Waals surface area contributed by atoms with E-state index in [4.69, 9.17) is 9.47 Å². The van der Waals surface area contributed by atoms with E-state index in [1.54, 1.807) is 25.6 Å². The Labute approximate surface area is 259 Å². The zero-order chi connectivity index (χ0) is 29.8. The van der Waals surface area contributed by atoms with E-state index < -0.39 is 5.54 Å². The van der Waals surface area contributed by atoms with Crippen molar-refractivity contribution in [3.63, 3.8) is 0 Å². The predicted molar refractivity (Wildman–Crippen MR) is 180 cm³/mol. The fourth-order valence-corrected chi connectivity index (χ4v) is 7.55. The number of thiophene rings is 1. The monoisotopic (exact) mass is 591 g/mol. The Balaban J connectivity index is 1.57. The molecule has 0 saturated heterocycles. The number of allylic oxidation sites excluding steroid dienone is 1. The first kappa shape index (κ1) is 26.4. The van der Waals surface area contributed by atoms with Gasteiger partial charge in [0.25, 0.3) is 0 Å². The van der Waals surface area contributed by atoms with E-state index in [9.17, 15) is 5.11 Å². The fraction of sp³-hybridized carbons (Fsp3) is 0.0769. The topological polar surface area (TPSA) is 43.6 Å². The van der Waals surface area contributed by atoms with Gasteiger partial charge in [0.15, 0.2) is 0 Å². The molecule has 44 heavy (non-hydrogen) atoms. The molecule has 0 aliphatic carbocycles. The first-order chi connectivity index (χ1) is 21.6. The molecule has 1 aliphatic heterocycles. The van der Waals surface area contributed by atoms with Gasteiger partial charge in [0.2, 0.25) is 0 Å². The molecule has 0 radical (unpaired) electrons. The van der Waals surface area contributed by atoms with Crippen LogP contribution in [0.3, 0.4) is 0 Å². The average Bonchev–Trinajstić information content (AvgIpc) is 3.81. The second kappa shape index (κ2) is 10.2. The minimum absolute atomic E-state index is 0.263. The van der Waals surface area contributed by atoms with Gasteiger partial charge in [0.05, 0.1) is 25.4 Å². The minimum Gasteiger partial charge on any atom is -0.507 e. The summed E-state index contributed by atoms with van der Waals surface area (Å²) in [6.45, 7) is 0. The summed E-state index contributed by atoms with van der Waals surface area (Å²) >= 11 is 1.68. The Morgan fingerprint density at radius 3 is 1.93 bits per heavy atom. The summed E-state index contributed by atoms with van der Waals surface area (Å²) in [6.07, 6.45) is 2.39. The number of nitrogens with zero attached hydrogens (tertiary/aromatic N) is 1. The summed E-state index contributed by atoms with van der Waals surface area (Å²) in [5.41, 5.74) is 7.78. The quantitative estimate of drug-likeness (QED) is 0.209. The van der Waals surface area contributed by atoms with Crippen LogP contribution in [0.15, 0.2) is 132 Å². The van der Waals surface area contributed by atoms with Gasteiger partial charge in [-0.3, -0.25) is 0 Å². The summed E-state index contributed by atoms with van der Waals surface area (Å²) in [7, 11) is 3.39. The van der Waals surface area contributed by atoms with Crippen molar-refractivity contribution in [2.24, 2.45) is 0 Å². The van der Waals surface area contributed by atoms with Crippen molar-refractivity contribution in [1.29, 1.82) is 0 Å². The number of hydrogen-bond donors (Lipinski definition) is 1. The highest BCUT2D eigenvalue weighted by Crippen LogP contribution is 2.55. The van der Waals surface area contributed by atoms with E-state index in [2.05, 4.69) is 88.1 Å². The van der Waals surface area contributed by atoms with Crippen molar-refractivity contribution in [3.05, 3.63) is 154 Å². The molecule has 1 aliphatic rings. The molecule has 0 bridgehead atoms. The number of aromatic nitrogens is 1. The van der Waals surface area contributed by atoms with Crippen LogP contribution in [-0.2, 0) is 5.54 Å². The van der Waals surface area contributed by atoms with E-state index in [0.717, 1.165) is 72.3 Å². The Kier molecular flexibility index (Phi) is 6.10. The first-order valence-electron chi connectivity index (χ1n) is 14.5. The van der Waals surface area contributed by atoms with Crippen LogP contribution in [0.1, 0.15) is 22.4 Å². The van der Waals surface area contributed by atoms with Gasteiger partial charge in [0, 0.05) is 22.1 Å². The lowest BCUT2D eigenvalue weighted by Gasteiger charge is -2.33.